The lowest BCUT2D eigenvalue weighted by Crippen LogP contribution is -2.32. The highest BCUT2D eigenvalue weighted by Crippen LogP contribution is 2.30. The van der Waals surface area contributed by atoms with E-state index in [2.05, 4.69) is 12.1 Å². The van der Waals surface area contributed by atoms with Crippen LogP contribution in [0.2, 0.25) is 0 Å². The minimum atomic E-state index is -0.0717. The van der Waals surface area contributed by atoms with Gasteiger partial charge in [0.1, 0.15) is 5.58 Å². The van der Waals surface area contributed by atoms with Crippen molar-refractivity contribution in [2.45, 2.75) is 18.9 Å². The van der Waals surface area contributed by atoms with E-state index in [4.69, 9.17) is 10.2 Å². The van der Waals surface area contributed by atoms with E-state index in [1.165, 1.54) is 5.56 Å². The van der Waals surface area contributed by atoms with Crippen molar-refractivity contribution in [1.82, 2.24) is 4.90 Å². The number of halogens is 1. The maximum atomic E-state index is 12.9. The van der Waals surface area contributed by atoms with Crippen molar-refractivity contribution in [2.75, 3.05) is 13.1 Å². The molecule has 0 unspecified atom stereocenters. The normalized spacial score (nSPS) is 19.8. The fourth-order valence-corrected chi connectivity index (χ4v) is 3.57. The third-order valence-corrected chi connectivity index (χ3v) is 4.92. The van der Waals surface area contributed by atoms with E-state index in [9.17, 15) is 4.79 Å². The molecule has 2 heterocycles. The Balaban J connectivity index is 0.00000182. The van der Waals surface area contributed by atoms with E-state index in [0.717, 1.165) is 16.5 Å². The van der Waals surface area contributed by atoms with Gasteiger partial charge in [-0.15, -0.1) is 12.4 Å². The average Bonchev–Trinajstić information content (AvgIpc) is 3.16. The molecule has 3 aromatic rings. The van der Waals surface area contributed by atoms with E-state index in [0.29, 0.717) is 18.8 Å². The van der Waals surface area contributed by atoms with Crippen LogP contribution in [0.25, 0.3) is 11.0 Å². The lowest BCUT2D eigenvalue weighted by molar-refractivity contribution is 0.0759. The number of fused-ring (bicyclic) bond motifs is 1. The molecular weight excluding hydrogens is 336 g/mol. The number of aryl methyl sites for hydroxylation is 1. The number of hydrogen-bond acceptors (Lipinski definition) is 3. The molecular formula is C20H21ClN2O2. The first kappa shape index (κ1) is 17.5. The molecule has 1 amide bonds. The molecule has 2 aromatic carbocycles. The molecule has 4 rings (SSSR count). The largest absolute Gasteiger partial charge is 0.451 e. The zero-order valence-electron chi connectivity index (χ0n) is 14.0. The van der Waals surface area contributed by atoms with Crippen molar-refractivity contribution in [1.29, 1.82) is 0 Å². The molecule has 25 heavy (non-hydrogen) atoms. The van der Waals surface area contributed by atoms with Crippen LogP contribution >= 0.6 is 12.4 Å². The Morgan fingerprint density at radius 2 is 1.76 bits per heavy atom. The van der Waals surface area contributed by atoms with Crippen LogP contribution in [-0.4, -0.2) is 29.9 Å². The Morgan fingerprint density at radius 1 is 1.08 bits per heavy atom. The smallest absolute Gasteiger partial charge is 0.289 e. The maximum Gasteiger partial charge on any atom is 0.289 e. The van der Waals surface area contributed by atoms with Crippen molar-refractivity contribution in [2.24, 2.45) is 5.73 Å². The van der Waals surface area contributed by atoms with Gasteiger partial charge in [-0.3, -0.25) is 4.79 Å². The second kappa shape index (κ2) is 6.90. The summed E-state index contributed by atoms with van der Waals surface area (Å²) in [5.74, 6) is 0.523. The van der Waals surface area contributed by atoms with Crippen molar-refractivity contribution in [3.63, 3.8) is 0 Å². The Bertz CT molecular complexity index is 891. The standard InChI is InChI=1S/C20H20N2O2.ClH/c1-13-15-9-5-6-10-18(15)24-19(13)20(23)22-11-16(17(21)12-22)14-7-3-2-4-8-14;/h2-10,16-17H,11-12,21H2,1H3;1H/t16-,17+;/m0./s1. The number of carbonyl (C=O) groups excluding carboxylic acids is 1. The molecule has 1 aliphatic heterocycles. The monoisotopic (exact) mass is 356 g/mol. The number of likely N-dealkylation sites (tertiary alicyclic amines) is 1. The summed E-state index contributed by atoms with van der Waals surface area (Å²) < 4.78 is 5.82. The number of rotatable bonds is 2. The molecule has 0 radical (unpaired) electrons. The van der Waals surface area contributed by atoms with Gasteiger partial charge in [-0.1, -0.05) is 48.5 Å². The topological polar surface area (TPSA) is 59.5 Å². The molecule has 2 atom stereocenters. The van der Waals surface area contributed by atoms with E-state index < -0.39 is 0 Å². The van der Waals surface area contributed by atoms with Gasteiger partial charge in [0.05, 0.1) is 0 Å². The summed E-state index contributed by atoms with van der Waals surface area (Å²) >= 11 is 0. The van der Waals surface area contributed by atoms with Crippen LogP contribution < -0.4 is 5.73 Å². The second-order valence-electron chi connectivity index (χ2n) is 6.44. The summed E-state index contributed by atoms with van der Waals surface area (Å²) in [5, 5.41) is 0.990. The summed E-state index contributed by atoms with van der Waals surface area (Å²) in [6, 6.07) is 17.8. The van der Waals surface area contributed by atoms with Crippen molar-refractivity contribution < 1.29 is 9.21 Å². The van der Waals surface area contributed by atoms with Gasteiger partial charge in [0.2, 0.25) is 0 Å². The van der Waals surface area contributed by atoms with E-state index in [-0.39, 0.29) is 30.3 Å². The summed E-state index contributed by atoms with van der Waals surface area (Å²) in [6.45, 7) is 3.11. The number of furan rings is 1. The number of amides is 1. The number of hydrogen-bond donors (Lipinski definition) is 1. The molecule has 1 aromatic heterocycles. The number of benzene rings is 2. The lowest BCUT2D eigenvalue weighted by Gasteiger charge is -2.15. The third-order valence-electron chi connectivity index (χ3n) is 4.92. The number of para-hydroxylation sites is 1. The van der Waals surface area contributed by atoms with Crippen molar-refractivity contribution >= 4 is 29.3 Å². The molecule has 1 fully saturated rings. The molecule has 0 spiro atoms. The molecule has 130 valence electrons. The lowest BCUT2D eigenvalue weighted by atomic mass is 9.95. The minimum absolute atomic E-state index is 0. The van der Waals surface area contributed by atoms with E-state index in [1.54, 1.807) is 0 Å². The van der Waals surface area contributed by atoms with Crippen LogP contribution in [0.1, 0.15) is 27.6 Å². The van der Waals surface area contributed by atoms with Gasteiger partial charge in [-0.05, 0) is 18.6 Å². The van der Waals surface area contributed by atoms with Gasteiger partial charge in [0, 0.05) is 36.0 Å². The quantitative estimate of drug-likeness (QED) is 0.761. The first-order valence-electron chi connectivity index (χ1n) is 8.23. The number of nitrogens with two attached hydrogens (primary N) is 1. The Kier molecular flexibility index (Phi) is 4.84. The van der Waals surface area contributed by atoms with Gasteiger partial charge in [0.25, 0.3) is 5.91 Å². The highest BCUT2D eigenvalue weighted by Gasteiger charge is 2.35. The Hall–Kier alpha value is -2.30. The van der Waals surface area contributed by atoms with Gasteiger partial charge in [0.15, 0.2) is 5.76 Å². The van der Waals surface area contributed by atoms with Crippen molar-refractivity contribution in [3.05, 3.63) is 71.5 Å². The zero-order chi connectivity index (χ0) is 16.7. The van der Waals surface area contributed by atoms with Gasteiger partial charge < -0.3 is 15.1 Å². The highest BCUT2D eigenvalue weighted by molar-refractivity contribution is 5.99. The molecule has 1 aliphatic rings. The molecule has 5 heteroatoms. The predicted molar refractivity (Wildman–Crippen MR) is 101 cm³/mol. The van der Waals surface area contributed by atoms with Gasteiger partial charge >= 0.3 is 0 Å². The number of nitrogens with zero attached hydrogens (tertiary/aromatic N) is 1. The SMILES string of the molecule is Cc1c(C(=O)N2C[C@@H](N)[C@H](c3ccccc3)C2)oc2ccccc12.Cl. The van der Waals surface area contributed by atoms with Gasteiger partial charge in [-0.2, -0.15) is 0 Å². The van der Waals surface area contributed by atoms with Crippen molar-refractivity contribution in [3.8, 4) is 0 Å². The molecule has 0 bridgehead atoms. The van der Waals surface area contributed by atoms with E-state index in [1.807, 2.05) is 54.3 Å². The van der Waals surface area contributed by atoms with E-state index >= 15 is 0 Å². The van der Waals surface area contributed by atoms with Crippen LogP contribution in [0.5, 0.6) is 0 Å². The minimum Gasteiger partial charge on any atom is -0.451 e. The summed E-state index contributed by atoms with van der Waals surface area (Å²) in [4.78, 5) is 14.7. The third kappa shape index (κ3) is 3.03. The second-order valence-corrected chi connectivity index (χ2v) is 6.44. The summed E-state index contributed by atoms with van der Waals surface area (Å²) in [6.07, 6.45) is 0. The van der Waals surface area contributed by atoms with Gasteiger partial charge in [-0.25, -0.2) is 0 Å². The van der Waals surface area contributed by atoms with Crippen LogP contribution in [-0.2, 0) is 0 Å². The molecule has 2 N–H and O–H groups in total. The Labute approximate surface area is 153 Å². The molecule has 1 saturated heterocycles. The van der Waals surface area contributed by atoms with Crippen LogP contribution in [0.4, 0.5) is 0 Å². The Morgan fingerprint density at radius 3 is 2.48 bits per heavy atom. The number of carbonyl (C=O) groups is 1. The first-order valence-corrected chi connectivity index (χ1v) is 8.23. The first-order chi connectivity index (χ1) is 11.6. The summed E-state index contributed by atoms with van der Waals surface area (Å²) in [7, 11) is 0. The van der Waals surface area contributed by atoms with Crippen LogP contribution in [0, 0.1) is 6.92 Å². The fourth-order valence-electron chi connectivity index (χ4n) is 3.57. The molecule has 0 aliphatic carbocycles. The molecule has 4 nitrogen and oxygen atoms in total. The zero-order valence-corrected chi connectivity index (χ0v) is 14.8. The maximum absolute atomic E-state index is 12.9. The molecule has 0 saturated carbocycles. The predicted octanol–water partition coefficient (Wildman–Crippen LogP) is 3.73. The van der Waals surface area contributed by atoms with Crippen LogP contribution in [0.3, 0.4) is 0 Å². The highest BCUT2D eigenvalue weighted by atomic mass is 35.5. The summed E-state index contributed by atoms with van der Waals surface area (Å²) in [5.41, 5.74) is 9.14. The fraction of sp³-hybridized carbons (Fsp3) is 0.250. The van der Waals surface area contributed by atoms with Crippen LogP contribution in [0.15, 0.2) is 59.0 Å². The average molecular weight is 357 g/mol.